The van der Waals surface area contributed by atoms with Crippen LogP contribution in [0.25, 0.3) is 0 Å². The van der Waals surface area contributed by atoms with Gasteiger partial charge < -0.3 is 16.0 Å². The van der Waals surface area contributed by atoms with Crippen molar-refractivity contribution in [1.82, 2.24) is 10.6 Å². The smallest absolute Gasteiger partial charge is 0.251 e. The normalized spacial score (nSPS) is 17.5. The van der Waals surface area contributed by atoms with Gasteiger partial charge in [0.05, 0.1) is 0 Å². The third-order valence-electron chi connectivity index (χ3n) is 3.07. The van der Waals surface area contributed by atoms with Gasteiger partial charge in [-0.3, -0.25) is 9.59 Å². The number of nitrogens with one attached hydrogen (secondary N) is 3. The molecule has 2 amide bonds. The summed E-state index contributed by atoms with van der Waals surface area (Å²) >= 11 is 1.87. The third-order valence-corrected chi connectivity index (χ3v) is 4.20. The topological polar surface area (TPSA) is 70.2 Å². The predicted molar refractivity (Wildman–Crippen MR) is 89.4 cm³/mol. The van der Waals surface area contributed by atoms with Gasteiger partial charge in [-0.1, -0.05) is 6.07 Å². The largest absolute Gasteiger partial charge is 0.355 e. The molecule has 0 saturated carbocycles. The molecule has 0 aliphatic carbocycles. The lowest BCUT2D eigenvalue weighted by Gasteiger charge is -2.22. The first-order valence-corrected chi connectivity index (χ1v) is 7.77. The molecule has 5 nitrogen and oxygen atoms in total. The number of hydrogen-bond acceptors (Lipinski definition) is 4. The van der Waals surface area contributed by atoms with Crippen molar-refractivity contribution in [2.24, 2.45) is 0 Å². The molecule has 1 atom stereocenters. The van der Waals surface area contributed by atoms with Crippen LogP contribution in [0.4, 0.5) is 5.69 Å². The molecule has 0 bridgehead atoms. The molecule has 1 aromatic rings. The van der Waals surface area contributed by atoms with Gasteiger partial charge in [-0.2, -0.15) is 11.8 Å². The Morgan fingerprint density at radius 1 is 1.43 bits per heavy atom. The number of benzene rings is 1. The van der Waals surface area contributed by atoms with E-state index < -0.39 is 0 Å². The minimum atomic E-state index is -0.161. The lowest BCUT2D eigenvalue weighted by atomic mass is 10.1. The fraction of sp³-hybridized carbons (Fsp3) is 0.429. The molecule has 1 saturated heterocycles. The first kappa shape index (κ1) is 17.8. The SMILES string of the molecule is CNC(=O)c1cccc(NC(=O)CC2CSCCN2)c1.Cl. The highest BCUT2D eigenvalue weighted by Crippen LogP contribution is 2.13. The summed E-state index contributed by atoms with van der Waals surface area (Å²) in [4.78, 5) is 23.5. The summed E-state index contributed by atoms with van der Waals surface area (Å²) in [5, 5.41) is 8.73. The standard InChI is InChI=1S/C14H19N3O2S.ClH/c1-15-14(19)10-3-2-4-11(7-10)17-13(18)8-12-9-20-6-5-16-12;/h2-4,7,12,16H,5-6,8-9H2,1H3,(H,15,19)(H,17,18);1H. The summed E-state index contributed by atoms with van der Waals surface area (Å²) in [5.41, 5.74) is 1.19. The van der Waals surface area contributed by atoms with Crippen LogP contribution >= 0.6 is 24.2 Å². The molecule has 1 unspecified atom stereocenters. The maximum absolute atomic E-state index is 12.0. The van der Waals surface area contributed by atoms with Gasteiger partial charge in [-0.25, -0.2) is 0 Å². The summed E-state index contributed by atoms with van der Waals surface area (Å²) < 4.78 is 0. The summed E-state index contributed by atoms with van der Waals surface area (Å²) in [6.45, 7) is 0.953. The Morgan fingerprint density at radius 3 is 2.90 bits per heavy atom. The second-order valence-electron chi connectivity index (χ2n) is 4.64. The van der Waals surface area contributed by atoms with E-state index in [0.717, 1.165) is 18.1 Å². The van der Waals surface area contributed by atoms with Crippen molar-refractivity contribution in [3.05, 3.63) is 29.8 Å². The quantitative estimate of drug-likeness (QED) is 0.783. The van der Waals surface area contributed by atoms with Crippen molar-refractivity contribution in [3.63, 3.8) is 0 Å². The molecule has 2 rings (SSSR count). The van der Waals surface area contributed by atoms with Crippen LogP contribution in [0.1, 0.15) is 16.8 Å². The Kier molecular flexibility index (Phi) is 7.56. The van der Waals surface area contributed by atoms with Gasteiger partial charge >= 0.3 is 0 Å². The van der Waals surface area contributed by atoms with Crippen LogP contribution in [0, 0.1) is 0 Å². The monoisotopic (exact) mass is 329 g/mol. The van der Waals surface area contributed by atoms with E-state index in [1.165, 1.54) is 0 Å². The Hall–Kier alpha value is -1.24. The van der Waals surface area contributed by atoms with E-state index in [1.807, 2.05) is 11.8 Å². The van der Waals surface area contributed by atoms with E-state index in [2.05, 4.69) is 16.0 Å². The second kappa shape index (κ2) is 8.92. The zero-order chi connectivity index (χ0) is 14.4. The maximum atomic E-state index is 12.0. The van der Waals surface area contributed by atoms with E-state index in [9.17, 15) is 9.59 Å². The van der Waals surface area contributed by atoms with Crippen LogP contribution in [0.15, 0.2) is 24.3 Å². The van der Waals surface area contributed by atoms with Crippen molar-refractivity contribution in [2.75, 3.05) is 30.4 Å². The van der Waals surface area contributed by atoms with Gasteiger partial charge in [0, 0.05) is 48.8 Å². The third kappa shape index (κ3) is 5.57. The molecule has 1 aromatic carbocycles. The second-order valence-corrected chi connectivity index (χ2v) is 5.79. The lowest BCUT2D eigenvalue weighted by molar-refractivity contribution is -0.116. The number of amides is 2. The zero-order valence-corrected chi connectivity index (χ0v) is 13.5. The first-order valence-electron chi connectivity index (χ1n) is 6.62. The Labute approximate surface area is 135 Å². The highest BCUT2D eigenvalue weighted by Gasteiger charge is 2.16. The van der Waals surface area contributed by atoms with Crippen molar-refractivity contribution in [3.8, 4) is 0 Å². The van der Waals surface area contributed by atoms with Gasteiger partial charge in [-0.15, -0.1) is 12.4 Å². The maximum Gasteiger partial charge on any atom is 0.251 e. The zero-order valence-electron chi connectivity index (χ0n) is 11.8. The molecule has 0 radical (unpaired) electrons. The highest BCUT2D eigenvalue weighted by atomic mass is 35.5. The predicted octanol–water partition coefficient (Wildman–Crippen LogP) is 1.50. The van der Waals surface area contributed by atoms with Crippen LogP contribution in [0.3, 0.4) is 0 Å². The number of anilines is 1. The Morgan fingerprint density at radius 2 is 2.24 bits per heavy atom. The summed E-state index contributed by atoms with van der Waals surface area (Å²) in [6, 6.07) is 7.17. The van der Waals surface area contributed by atoms with Crippen LogP contribution in [0.2, 0.25) is 0 Å². The van der Waals surface area contributed by atoms with Crippen LogP contribution in [-0.4, -0.2) is 43.0 Å². The minimum absolute atomic E-state index is 0. The number of carbonyl (C=O) groups excluding carboxylic acids is 2. The van der Waals surface area contributed by atoms with Crippen LogP contribution in [0.5, 0.6) is 0 Å². The Balaban J connectivity index is 0.00000220. The van der Waals surface area contributed by atoms with Crippen LogP contribution < -0.4 is 16.0 Å². The molecule has 21 heavy (non-hydrogen) atoms. The van der Waals surface area contributed by atoms with E-state index in [1.54, 1.807) is 31.3 Å². The first-order chi connectivity index (χ1) is 9.69. The number of rotatable bonds is 4. The molecule has 7 heteroatoms. The summed E-state index contributed by atoms with van der Waals surface area (Å²) in [7, 11) is 1.58. The molecular formula is C14H20ClN3O2S. The molecule has 1 fully saturated rings. The molecule has 0 spiro atoms. The number of halogens is 1. The van der Waals surface area contributed by atoms with Crippen molar-refractivity contribution in [1.29, 1.82) is 0 Å². The van der Waals surface area contributed by atoms with E-state index >= 15 is 0 Å². The van der Waals surface area contributed by atoms with Gasteiger partial charge in [0.25, 0.3) is 5.91 Å². The molecular weight excluding hydrogens is 310 g/mol. The summed E-state index contributed by atoms with van der Waals surface area (Å²) in [6.07, 6.45) is 0.456. The Bertz CT molecular complexity index is 493. The highest BCUT2D eigenvalue weighted by molar-refractivity contribution is 7.99. The molecule has 1 aliphatic rings. The van der Waals surface area contributed by atoms with E-state index in [4.69, 9.17) is 0 Å². The van der Waals surface area contributed by atoms with Gasteiger partial charge in [0.1, 0.15) is 0 Å². The van der Waals surface area contributed by atoms with Crippen molar-refractivity contribution < 1.29 is 9.59 Å². The van der Waals surface area contributed by atoms with Gasteiger partial charge in [0.2, 0.25) is 5.91 Å². The molecule has 1 aliphatic heterocycles. The van der Waals surface area contributed by atoms with Crippen LogP contribution in [-0.2, 0) is 4.79 Å². The fourth-order valence-corrected chi connectivity index (χ4v) is 3.02. The fourth-order valence-electron chi connectivity index (χ4n) is 2.07. The number of carbonyl (C=O) groups is 2. The molecule has 0 aromatic heterocycles. The average Bonchev–Trinajstić information content (AvgIpc) is 2.47. The van der Waals surface area contributed by atoms with E-state index in [0.29, 0.717) is 17.7 Å². The number of thioether (sulfide) groups is 1. The van der Waals surface area contributed by atoms with E-state index in [-0.39, 0.29) is 30.3 Å². The van der Waals surface area contributed by atoms with Gasteiger partial charge in [-0.05, 0) is 18.2 Å². The average molecular weight is 330 g/mol. The lowest BCUT2D eigenvalue weighted by Crippen LogP contribution is -2.39. The van der Waals surface area contributed by atoms with Crippen molar-refractivity contribution >= 4 is 41.7 Å². The molecule has 116 valence electrons. The molecule has 1 heterocycles. The number of hydrogen-bond donors (Lipinski definition) is 3. The van der Waals surface area contributed by atoms with Gasteiger partial charge in [0.15, 0.2) is 0 Å². The summed E-state index contributed by atoms with van der Waals surface area (Å²) in [5.74, 6) is 1.88. The molecule has 3 N–H and O–H groups in total. The van der Waals surface area contributed by atoms with Crippen molar-refractivity contribution in [2.45, 2.75) is 12.5 Å². The minimum Gasteiger partial charge on any atom is -0.355 e.